The summed E-state index contributed by atoms with van der Waals surface area (Å²) in [7, 11) is 0. The van der Waals surface area contributed by atoms with E-state index in [-0.39, 0.29) is 80.8 Å². The zero-order valence-corrected chi connectivity index (χ0v) is 6.79. The molecule has 6 heteroatoms. The van der Waals surface area contributed by atoms with Gasteiger partial charge in [-0.15, -0.1) is 0 Å². The summed E-state index contributed by atoms with van der Waals surface area (Å²) >= 11 is 0. The van der Waals surface area contributed by atoms with Crippen LogP contribution in [-0.2, 0) is 40.5 Å². The van der Waals surface area contributed by atoms with Crippen LogP contribution < -0.4 is 0 Å². The van der Waals surface area contributed by atoms with Crippen molar-refractivity contribution in [3.8, 4) is 0 Å². The van der Waals surface area contributed by atoms with Crippen molar-refractivity contribution in [2.75, 3.05) is 0 Å². The molecule has 0 bridgehead atoms. The van der Waals surface area contributed by atoms with Gasteiger partial charge < -0.3 is 21.9 Å². The van der Waals surface area contributed by atoms with E-state index in [1.807, 2.05) is 0 Å². The van der Waals surface area contributed by atoms with Crippen LogP contribution in [-0.4, -0.2) is 0 Å². The van der Waals surface area contributed by atoms with Crippen LogP contribution in [0.2, 0.25) is 0 Å². The molecule has 0 aliphatic carbocycles. The first kappa shape index (κ1) is 114. The maximum atomic E-state index is 0. The van der Waals surface area contributed by atoms with Crippen LogP contribution in [0.5, 0.6) is 0 Å². The number of hydrogen-bond donors (Lipinski definition) is 0. The molecule has 6 heavy (non-hydrogen) atoms. The first-order valence-corrected chi connectivity index (χ1v) is 0. The summed E-state index contributed by atoms with van der Waals surface area (Å²) in [5.41, 5.74) is 0. The Morgan fingerprint density at radius 1 is 0.500 bits per heavy atom. The molecule has 0 aromatic heterocycles. The van der Waals surface area contributed by atoms with Gasteiger partial charge in [-0.25, -0.2) is 0 Å². The van der Waals surface area contributed by atoms with E-state index in [9.17, 15) is 0 Å². The van der Waals surface area contributed by atoms with E-state index in [0.717, 1.165) is 0 Å². The van der Waals surface area contributed by atoms with Gasteiger partial charge in [0.15, 0.2) is 0 Å². The molecule has 0 saturated carbocycles. The minimum atomic E-state index is 0. The molecule has 0 aliphatic rings. The van der Waals surface area contributed by atoms with Gasteiger partial charge in [-0.3, -0.25) is 0 Å². The molecule has 4 nitrogen and oxygen atoms in total. The molecule has 0 aromatic carbocycles. The summed E-state index contributed by atoms with van der Waals surface area (Å²) in [4.78, 5) is 0. The Morgan fingerprint density at radius 3 is 0.500 bits per heavy atom. The van der Waals surface area contributed by atoms with Gasteiger partial charge in [-0.05, 0) is 0 Å². The Balaban J connectivity index is 0. The van der Waals surface area contributed by atoms with Crippen LogP contribution in [0.25, 0.3) is 0 Å². The minimum Gasteiger partial charge on any atom is -2.00 e. The molecule has 0 aliphatic heterocycles. The van der Waals surface area contributed by atoms with Crippen LogP contribution >= 0.6 is 0 Å². The monoisotopic (exact) mass is 260 g/mol. The van der Waals surface area contributed by atoms with Crippen molar-refractivity contribution in [1.29, 1.82) is 0 Å². The Labute approximate surface area is 79.9 Å². The van der Waals surface area contributed by atoms with E-state index in [0.29, 0.717) is 0 Å². The smallest absolute Gasteiger partial charge is 0 e. The van der Waals surface area contributed by atoms with Crippen LogP contribution in [0, 0.1) is 40.4 Å². The van der Waals surface area contributed by atoms with Crippen LogP contribution in [0.4, 0.5) is 0 Å². The third-order valence-electron chi connectivity index (χ3n) is 0. The molecular formula is O4PmV-8. The topological polar surface area (TPSA) is 114 Å². The van der Waals surface area contributed by atoms with Crippen molar-refractivity contribution in [3.05, 3.63) is 0 Å². The molecule has 0 spiro atoms. The fourth-order valence-electron chi connectivity index (χ4n) is 0. The molecular weight excluding hydrogens is 260 g/mol. The second-order valence-corrected chi connectivity index (χ2v) is 0. The normalized spacial score (nSPS) is 0. The summed E-state index contributed by atoms with van der Waals surface area (Å²) in [6.45, 7) is 0. The maximum Gasteiger partial charge on any atom is 0 e. The number of rotatable bonds is 0. The zero-order chi connectivity index (χ0) is 0. The molecule has 0 heterocycles. The molecule has 0 fully saturated rings. The van der Waals surface area contributed by atoms with E-state index >= 15 is 0 Å². The third kappa shape index (κ3) is 42.1. The molecule has 42 valence electrons. The van der Waals surface area contributed by atoms with Gasteiger partial charge in [0, 0.05) is 58.9 Å². The molecule has 0 unspecified atom stereocenters. The molecule has 2 radical (unpaired) electrons. The van der Waals surface area contributed by atoms with Gasteiger partial charge in [0.25, 0.3) is 0 Å². The zero-order valence-electron chi connectivity index (χ0n) is 2.53. The summed E-state index contributed by atoms with van der Waals surface area (Å²) in [6, 6.07) is 0. The Bertz CT molecular complexity index is 7.51. The molecule has 0 saturated heterocycles. The Morgan fingerprint density at radius 2 is 0.500 bits per heavy atom. The van der Waals surface area contributed by atoms with Gasteiger partial charge in [0.05, 0.1) is 0 Å². The van der Waals surface area contributed by atoms with Crippen molar-refractivity contribution in [2.24, 2.45) is 0 Å². The van der Waals surface area contributed by atoms with E-state index in [1.165, 1.54) is 0 Å². The standard InChI is InChI=1S/4O.Pm.V/q4*-2;;. The molecule has 0 N–H and O–H groups in total. The number of hydrogen-bond acceptors (Lipinski definition) is 0. The van der Waals surface area contributed by atoms with Crippen LogP contribution in [0.15, 0.2) is 0 Å². The molecule has 0 aromatic rings. The fourth-order valence-corrected chi connectivity index (χ4v) is 0. The maximum absolute atomic E-state index is 0. The van der Waals surface area contributed by atoms with Gasteiger partial charge in [-0.1, -0.05) is 0 Å². The van der Waals surface area contributed by atoms with Crippen LogP contribution in [0.3, 0.4) is 0 Å². The molecule has 0 rings (SSSR count). The van der Waals surface area contributed by atoms with Crippen LogP contribution in [0.1, 0.15) is 0 Å². The first-order chi connectivity index (χ1) is 0. The van der Waals surface area contributed by atoms with Crippen molar-refractivity contribution >= 4 is 0 Å². The summed E-state index contributed by atoms with van der Waals surface area (Å²) in [5.74, 6) is 0. The van der Waals surface area contributed by atoms with E-state index in [2.05, 4.69) is 0 Å². The Kier molecular flexibility index (Phi) is 1380. The average Bonchev–Trinajstić information content (AvgIpc) is 0. The van der Waals surface area contributed by atoms with E-state index in [4.69, 9.17) is 0 Å². The Hall–Kier alpha value is 1.76. The second-order valence-electron chi connectivity index (χ2n) is 0. The minimum absolute atomic E-state index is 0. The van der Waals surface area contributed by atoms with E-state index in [1.54, 1.807) is 0 Å². The third-order valence-corrected chi connectivity index (χ3v) is 0. The average molecular weight is 260 g/mol. The fraction of sp³-hybridized carbons (Fsp3) is 0. The van der Waals surface area contributed by atoms with Crippen molar-refractivity contribution < 1.29 is 80.8 Å². The van der Waals surface area contributed by atoms with Crippen molar-refractivity contribution in [1.82, 2.24) is 0 Å². The summed E-state index contributed by atoms with van der Waals surface area (Å²) < 4.78 is 0. The predicted molar refractivity (Wildman–Crippen MR) is 2.75 cm³/mol. The summed E-state index contributed by atoms with van der Waals surface area (Å²) in [5, 5.41) is 0. The quantitative estimate of drug-likeness (QED) is 0.559. The largest absolute Gasteiger partial charge is 2.00 e. The van der Waals surface area contributed by atoms with Gasteiger partial charge in [0.2, 0.25) is 0 Å². The first-order valence-electron chi connectivity index (χ1n) is 0. The van der Waals surface area contributed by atoms with E-state index < -0.39 is 0 Å². The molecule has 0 amide bonds. The van der Waals surface area contributed by atoms with Crippen molar-refractivity contribution in [3.63, 3.8) is 0 Å². The van der Waals surface area contributed by atoms with Gasteiger partial charge in [0.1, 0.15) is 0 Å². The molecule has 0 atom stereocenters. The van der Waals surface area contributed by atoms with Crippen molar-refractivity contribution in [2.45, 2.75) is 0 Å². The van der Waals surface area contributed by atoms with Gasteiger partial charge in [-0.2, -0.15) is 0 Å². The SMILES string of the molecule is [O-2].[O-2].[O-2].[O-2].[Pm].[V]. The summed E-state index contributed by atoms with van der Waals surface area (Å²) in [6.07, 6.45) is 0. The second kappa shape index (κ2) is 72.3. The van der Waals surface area contributed by atoms with Gasteiger partial charge >= 0.3 is 0 Å². The predicted octanol–water partition coefficient (Wildman–Crippen LogP) is -0.478.